The van der Waals surface area contributed by atoms with E-state index in [0.717, 1.165) is 44.5 Å². The lowest BCUT2D eigenvalue weighted by Crippen LogP contribution is -2.30. The van der Waals surface area contributed by atoms with E-state index in [1.807, 2.05) is 60.7 Å². The number of aromatic hydroxyl groups is 1. The second kappa shape index (κ2) is 13.1. The van der Waals surface area contributed by atoms with Gasteiger partial charge in [0.05, 0.1) is 0 Å². The molecule has 0 saturated carbocycles. The summed E-state index contributed by atoms with van der Waals surface area (Å²) in [4.78, 5) is 0. The van der Waals surface area contributed by atoms with Crippen LogP contribution in [0, 0.1) is 0 Å². The highest BCUT2D eigenvalue weighted by atomic mass is 16.5. The Morgan fingerprint density at radius 2 is 1.02 bits per heavy atom. The van der Waals surface area contributed by atoms with Crippen LogP contribution in [0.25, 0.3) is 41.0 Å². The monoisotopic (exact) mass is 560 g/mol. The van der Waals surface area contributed by atoms with Gasteiger partial charge in [0.2, 0.25) is 0 Å². The maximum absolute atomic E-state index is 10.7. The smallest absolute Gasteiger partial charge is 0.162 e. The summed E-state index contributed by atoms with van der Waals surface area (Å²) in [5, 5.41) is 21.3. The lowest BCUT2D eigenvalue weighted by Gasteiger charge is -2.24. The standard InChI is InChI=1S/C40H32O3/c41-37-25-23-35(33-19-15-31(16-20-33)13-11-29-7-3-1-4-8-29)27-39(37)43-40-28-36(24-26-38(40)42)34-21-17-32(18-22-34)14-12-30-9-5-2-6-10-30/h1-28,37,39,41-42H/b13-11+,14-12+. The van der Waals surface area contributed by atoms with E-state index in [-0.39, 0.29) is 5.75 Å². The van der Waals surface area contributed by atoms with Gasteiger partial charge in [0.1, 0.15) is 12.2 Å². The van der Waals surface area contributed by atoms with E-state index in [2.05, 4.69) is 97.1 Å². The molecule has 0 heterocycles. The minimum atomic E-state index is -0.837. The molecule has 0 saturated heterocycles. The molecule has 0 radical (unpaired) electrons. The normalized spacial score (nSPS) is 16.4. The molecule has 6 rings (SSSR count). The van der Waals surface area contributed by atoms with E-state index < -0.39 is 12.2 Å². The molecule has 0 aromatic heterocycles. The fourth-order valence-corrected chi connectivity index (χ4v) is 4.96. The maximum Gasteiger partial charge on any atom is 0.162 e. The van der Waals surface area contributed by atoms with Crippen LogP contribution < -0.4 is 4.74 Å². The van der Waals surface area contributed by atoms with Gasteiger partial charge in [0.25, 0.3) is 0 Å². The number of benzene rings is 5. The maximum atomic E-state index is 10.7. The highest BCUT2D eigenvalue weighted by molar-refractivity contribution is 5.78. The van der Waals surface area contributed by atoms with Crippen LogP contribution >= 0.6 is 0 Å². The van der Waals surface area contributed by atoms with Crippen molar-refractivity contribution < 1.29 is 14.9 Å². The van der Waals surface area contributed by atoms with Crippen molar-refractivity contribution in [3.8, 4) is 22.6 Å². The van der Waals surface area contributed by atoms with Gasteiger partial charge in [-0.3, -0.25) is 0 Å². The van der Waals surface area contributed by atoms with Gasteiger partial charge < -0.3 is 14.9 Å². The Morgan fingerprint density at radius 1 is 0.535 bits per heavy atom. The van der Waals surface area contributed by atoms with Crippen molar-refractivity contribution in [2.24, 2.45) is 0 Å². The fraction of sp³-hybridized carbons (Fsp3) is 0.0500. The third-order valence-electron chi connectivity index (χ3n) is 7.40. The highest BCUT2D eigenvalue weighted by Gasteiger charge is 2.22. The molecule has 0 amide bonds. The predicted molar refractivity (Wildman–Crippen MR) is 178 cm³/mol. The Labute approximate surface area is 252 Å². The van der Waals surface area contributed by atoms with Crippen molar-refractivity contribution in [2.75, 3.05) is 0 Å². The number of phenolic OH excluding ortho intramolecular Hbond substituents is 1. The second-order valence-electron chi connectivity index (χ2n) is 10.5. The second-order valence-corrected chi connectivity index (χ2v) is 10.5. The van der Waals surface area contributed by atoms with E-state index in [4.69, 9.17) is 4.74 Å². The summed E-state index contributed by atoms with van der Waals surface area (Å²) in [5.74, 6) is 0.347. The third-order valence-corrected chi connectivity index (χ3v) is 7.40. The van der Waals surface area contributed by atoms with Crippen LogP contribution in [0.15, 0.2) is 146 Å². The van der Waals surface area contributed by atoms with E-state index in [1.165, 1.54) is 0 Å². The van der Waals surface area contributed by atoms with E-state index in [1.54, 1.807) is 12.1 Å². The molecule has 3 nitrogen and oxygen atoms in total. The minimum absolute atomic E-state index is 0.0254. The molecule has 2 atom stereocenters. The first kappa shape index (κ1) is 27.8. The molecule has 1 aliphatic rings. The van der Waals surface area contributed by atoms with Crippen molar-refractivity contribution >= 4 is 29.9 Å². The summed E-state index contributed by atoms with van der Waals surface area (Å²) < 4.78 is 6.18. The molecule has 2 N–H and O–H groups in total. The third kappa shape index (κ3) is 7.10. The molecule has 3 heteroatoms. The lowest BCUT2D eigenvalue weighted by molar-refractivity contribution is 0.0944. The number of phenols is 1. The molecule has 0 bridgehead atoms. The van der Waals surface area contributed by atoms with Gasteiger partial charge in [0, 0.05) is 0 Å². The summed E-state index contributed by atoms with van der Waals surface area (Å²) in [5.41, 5.74) is 8.38. The van der Waals surface area contributed by atoms with Crippen LogP contribution in [0.1, 0.15) is 27.8 Å². The molecule has 43 heavy (non-hydrogen) atoms. The number of hydrogen-bond donors (Lipinski definition) is 2. The quantitative estimate of drug-likeness (QED) is 0.186. The SMILES string of the molecule is Oc1ccc(-c2ccc(/C=C/c3ccccc3)cc2)cc1OC1C=C(c2ccc(/C=C/c3ccccc3)cc2)C=CC1O. The average molecular weight is 561 g/mol. The van der Waals surface area contributed by atoms with Gasteiger partial charge in [-0.15, -0.1) is 0 Å². The fourth-order valence-electron chi connectivity index (χ4n) is 4.96. The summed E-state index contributed by atoms with van der Waals surface area (Å²) in [6, 6.07) is 42.2. The number of aliphatic hydroxyl groups is 1. The topological polar surface area (TPSA) is 49.7 Å². The Kier molecular flexibility index (Phi) is 8.44. The highest BCUT2D eigenvalue weighted by Crippen LogP contribution is 2.34. The Hall–Kier alpha value is -5.38. The average Bonchev–Trinajstić information content (AvgIpc) is 3.06. The summed E-state index contributed by atoms with van der Waals surface area (Å²) in [6.45, 7) is 0. The van der Waals surface area contributed by atoms with Crippen molar-refractivity contribution in [2.45, 2.75) is 12.2 Å². The molecule has 0 aliphatic heterocycles. The zero-order valence-corrected chi connectivity index (χ0v) is 23.6. The molecule has 0 fully saturated rings. The van der Waals surface area contributed by atoms with Gasteiger partial charge in [-0.1, -0.05) is 152 Å². The van der Waals surface area contributed by atoms with Crippen LogP contribution in [-0.4, -0.2) is 22.4 Å². The minimum Gasteiger partial charge on any atom is -0.504 e. The van der Waals surface area contributed by atoms with Crippen LogP contribution in [-0.2, 0) is 0 Å². The van der Waals surface area contributed by atoms with Crippen molar-refractivity contribution in [1.82, 2.24) is 0 Å². The van der Waals surface area contributed by atoms with Gasteiger partial charge in [-0.2, -0.15) is 0 Å². The lowest BCUT2D eigenvalue weighted by atomic mass is 9.95. The van der Waals surface area contributed by atoms with E-state index in [9.17, 15) is 10.2 Å². The van der Waals surface area contributed by atoms with Crippen molar-refractivity contribution in [3.63, 3.8) is 0 Å². The first-order valence-electron chi connectivity index (χ1n) is 14.4. The molecular weight excluding hydrogens is 528 g/mol. The number of allylic oxidation sites excluding steroid dienone is 2. The number of hydrogen-bond acceptors (Lipinski definition) is 3. The zero-order valence-electron chi connectivity index (χ0n) is 23.6. The predicted octanol–water partition coefficient (Wildman–Crippen LogP) is 9.16. The Balaban J connectivity index is 1.16. The molecule has 2 unspecified atom stereocenters. The van der Waals surface area contributed by atoms with Crippen LogP contribution in [0.3, 0.4) is 0 Å². The molecule has 210 valence electrons. The number of ether oxygens (including phenoxy) is 1. The zero-order chi connectivity index (χ0) is 29.4. The van der Waals surface area contributed by atoms with Gasteiger partial charge in [-0.05, 0) is 62.7 Å². The first-order valence-corrected chi connectivity index (χ1v) is 14.4. The molecule has 0 spiro atoms. The summed E-state index contributed by atoms with van der Waals surface area (Å²) in [6.07, 6.45) is 12.4. The van der Waals surface area contributed by atoms with Gasteiger partial charge in [0.15, 0.2) is 11.5 Å². The van der Waals surface area contributed by atoms with Gasteiger partial charge >= 0.3 is 0 Å². The summed E-state index contributed by atoms with van der Waals surface area (Å²) >= 11 is 0. The number of aliphatic hydroxyl groups excluding tert-OH is 1. The van der Waals surface area contributed by atoms with Crippen molar-refractivity contribution in [3.05, 3.63) is 173 Å². The van der Waals surface area contributed by atoms with Crippen LogP contribution in [0.5, 0.6) is 11.5 Å². The van der Waals surface area contributed by atoms with Crippen LogP contribution in [0.4, 0.5) is 0 Å². The van der Waals surface area contributed by atoms with Crippen molar-refractivity contribution in [1.29, 1.82) is 0 Å². The molecule has 5 aromatic rings. The number of rotatable bonds is 8. The van der Waals surface area contributed by atoms with Crippen LogP contribution in [0.2, 0.25) is 0 Å². The van der Waals surface area contributed by atoms with Gasteiger partial charge in [-0.25, -0.2) is 0 Å². The molecular formula is C40H32O3. The van der Waals surface area contributed by atoms with E-state index >= 15 is 0 Å². The Morgan fingerprint density at radius 3 is 1.58 bits per heavy atom. The first-order chi connectivity index (χ1) is 21.1. The molecule has 1 aliphatic carbocycles. The summed E-state index contributed by atoms with van der Waals surface area (Å²) in [7, 11) is 0. The molecule has 5 aromatic carbocycles. The van der Waals surface area contributed by atoms with E-state index in [0.29, 0.717) is 5.75 Å². The largest absolute Gasteiger partial charge is 0.504 e. The Bertz CT molecular complexity index is 1780.